The van der Waals surface area contributed by atoms with Gasteiger partial charge in [0, 0.05) is 0 Å². The van der Waals surface area contributed by atoms with E-state index in [0.29, 0.717) is 0 Å². The Morgan fingerprint density at radius 2 is 2.08 bits per heavy atom. The fraction of sp³-hybridized carbons (Fsp3) is 0.111. The van der Waals surface area contributed by atoms with Crippen molar-refractivity contribution in [2.24, 2.45) is 4.99 Å². The maximum Gasteiger partial charge on any atom is 0.293 e. The highest BCUT2D eigenvalue weighted by molar-refractivity contribution is 7.78. The lowest BCUT2D eigenvalue weighted by Gasteiger charge is -2.01. The molecule has 0 bridgehead atoms. The van der Waals surface area contributed by atoms with Gasteiger partial charge < -0.3 is 0 Å². The van der Waals surface area contributed by atoms with Crippen LogP contribution in [0.3, 0.4) is 0 Å². The molecule has 0 fully saturated rings. The molecule has 1 rings (SSSR count). The molecule has 0 aliphatic rings. The highest BCUT2D eigenvalue weighted by atomic mass is 32.1. The fourth-order valence-electron chi connectivity index (χ4n) is 0.866. The molecular weight excluding hydrogens is 189 g/mol. The van der Waals surface area contributed by atoms with Crippen LogP contribution in [0.15, 0.2) is 35.3 Å². The lowest BCUT2D eigenvalue weighted by Crippen LogP contribution is -2.03. The summed E-state index contributed by atoms with van der Waals surface area (Å²) in [7, 11) is 0. The van der Waals surface area contributed by atoms with E-state index in [4.69, 9.17) is 0 Å². The van der Waals surface area contributed by atoms with Crippen molar-refractivity contribution in [1.82, 2.24) is 0 Å². The summed E-state index contributed by atoms with van der Waals surface area (Å²) in [5.41, 5.74) is 0.279. The minimum absolute atomic E-state index is 0.279. The van der Waals surface area contributed by atoms with Crippen molar-refractivity contribution in [3.05, 3.63) is 35.9 Å². The van der Waals surface area contributed by atoms with Gasteiger partial charge in [0.15, 0.2) is 0 Å². The maximum atomic E-state index is 13.2. The van der Waals surface area contributed by atoms with E-state index in [1.54, 1.807) is 18.2 Å². The van der Waals surface area contributed by atoms with Gasteiger partial charge in [-0.15, -0.1) is 0 Å². The predicted octanol–water partition coefficient (Wildman–Crippen LogP) is 2.33. The van der Waals surface area contributed by atoms with Crippen molar-refractivity contribution < 1.29 is 9.18 Å². The van der Waals surface area contributed by atoms with E-state index in [2.05, 4.69) is 17.2 Å². The van der Waals surface area contributed by atoms with Gasteiger partial charge in [-0.05, 0) is 17.8 Å². The van der Waals surface area contributed by atoms with Crippen LogP contribution in [-0.4, -0.2) is 11.1 Å². The number of carbonyl (C=O) groups excluding carboxylic acids is 1. The predicted molar refractivity (Wildman–Crippen MR) is 50.3 cm³/mol. The van der Waals surface area contributed by atoms with Crippen LogP contribution in [0.25, 0.3) is 0 Å². The number of aliphatic imine (C=N–C) groups is 1. The van der Waals surface area contributed by atoms with Crippen molar-refractivity contribution in [3.63, 3.8) is 0 Å². The van der Waals surface area contributed by atoms with Crippen LogP contribution in [-0.2, 0) is 4.79 Å². The number of alkyl halides is 1. The summed E-state index contributed by atoms with van der Waals surface area (Å²) in [6.07, 6.45) is -1.74. The molecule has 0 saturated carbocycles. The number of hydrogen-bond donors (Lipinski definition) is 0. The molecule has 66 valence electrons. The summed E-state index contributed by atoms with van der Waals surface area (Å²) >= 11 is 4.19. The van der Waals surface area contributed by atoms with Crippen LogP contribution in [0.4, 0.5) is 4.39 Å². The molecule has 1 unspecified atom stereocenters. The molecular formula is C9H6FNOS. The van der Waals surface area contributed by atoms with E-state index >= 15 is 0 Å². The van der Waals surface area contributed by atoms with Crippen molar-refractivity contribution >= 4 is 23.3 Å². The molecule has 13 heavy (non-hydrogen) atoms. The summed E-state index contributed by atoms with van der Waals surface area (Å²) in [6.45, 7) is 0. The Kier molecular flexibility index (Phi) is 3.43. The van der Waals surface area contributed by atoms with Crippen molar-refractivity contribution in [1.29, 1.82) is 0 Å². The Morgan fingerprint density at radius 3 is 2.62 bits per heavy atom. The summed E-state index contributed by atoms with van der Waals surface area (Å²) in [5, 5.41) is 1.84. The minimum Gasteiger partial charge on any atom is -0.268 e. The number of halogens is 1. The van der Waals surface area contributed by atoms with Crippen LogP contribution in [0.2, 0.25) is 0 Å². The van der Waals surface area contributed by atoms with Gasteiger partial charge in [-0.2, -0.15) is 4.99 Å². The normalized spacial score (nSPS) is 11.5. The number of benzene rings is 1. The first-order valence-electron chi connectivity index (χ1n) is 3.56. The molecule has 0 aromatic heterocycles. The van der Waals surface area contributed by atoms with Gasteiger partial charge in [0.05, 0.1) is 5.16 Å². The molecule has 0 saturated heterocycles. The van der Waals surface area contributed by atoms with Gasteiger partial charge in [0.1, 0.15) is 0 Å². The molecule has 4 heteroatoms. The third-order valence-electron chi connectivity index (χ3n) is 1.46. The van der Waals surface area contributed by atoms with E-state index in [1.807, 2.05) is 5.16 Å². The second-order valence-electron chi connectivity index (χ2n) is 2.31. The second-order valence-corrected chi connectivity index (χ2v) is 2.50. The molecule has 2 nitrogen and oxygen atoms in total. The second kappa shape index (κ2) is 4.60. The molecule has 1 atom stereocenters. The summed E-state index contributed by atoms with van der Waals surface area (Å²) in [4.78, 5) is 13.9. The van der Waals surface area contributed by atoms with Gasteiger partial charge in [0.2, 0.25) is 6.17 Å². The Labute approximate surface area is 80.1 Å². The largest absolute Gasteiger partial charge is 0.293 e. The SMILES string of the molecule is O=C(N=C=S)C(F)c1ccccc1. The third kappa shape index (κ3) is 2.54. The number of carbonyl (C=O) groups is 1. The molecule has 1 amide bonds. The molecule has 0 spiro atoms. The third-order valence-corrected chi connectivity index (χ3v) is 1.56. The van der Waals surface area contributed by atoms with Crippen molar-refractivity contribution in [2.75, 3.05) is 0 Å². The lowest BCUT2D eigenvalue weighted by molar-refractivity contribution is -0.122. The van der Waals surface area contributed by atoms with Crippen LogP contribution >= 0.6 is 12.2 Å². The molecule has 1 aromatic rings. The molecule has 0 heterocycles. The summed E-state index contributed by atoms with van der Waals surface area (Å²) < 4.78 is 13.2. The van der Waals surface area contributed by atoms with Gasteiger partial charge in [-0.3, -0.25) is 4.79 Å². The Hall–Kier alpha value is -1.38. The van der Waals surface area contributed by atoms with Gasteiger partial charge >= 0.3 is 0 Å². The Bertz CT molecular complexity index is 346. The van der Waals surface area contributed by atoms with Crippen LogP contribution < -0.4 is 0 Å². The van der Waals surface area contributed by atoms with E-state index in [9.17, 15) is 9.18 Å². The zero-order valence-corrected chi connectivity index (χ0v) is 7.42. The van der Waals surface area contributed by atoms with Crippen molar-refractivity contribution in [2.45, 2.75) is 6.17 Å². The molecule has 0 aliphatic carbocycles. The molecule has 0 radical (unpaired) electrons. The smallest absolute Gasteiger partial charge is 0.268 e. The minimum atomic E-state index is -1.74. The van der Waals surface area contributed by atoms with E-state index in [0.717, 1.165) is 0 Å². The average Bonchev–Trinajstić information content (AvgIpc) is 2.18. The average molecular weight is 195 g/mol. The first-order valence-corrected chi connectivity index (χ1v) is 3.97. The zero-order valence-electron chi connectivity index (χ0n) is 6.61. The van der Waals surface area contributed by atoms with Gasteiger partial charge in [-0.1, -0.05) is 30.3 Å². The monoisotopic (exact) mass is 195 g/mol. The molecule has 0 N–H and O–H groups in total. The van der Waals surface area contributed by atoms with Crippen LogP contribution in [0, 0.1) is 0 Å². The van der Waals surface area contributed by atoms with E-state index < -0.39 is 12.1 Å². The number of nitrogens with zero attached hydrogens (tertiary/aromatic N) is 1. The lowest BCUT2D eigenvalue weighted by atomic mass is 10.1. The zero-order chi connectivity index (χ0) is 9.68. The van der Waals surface area contributed by atoms with E-state index in [1.165, 1.54) is 12.1 Å². The number of amides is 1. The quantitative estimate of drug-likeness (QED) is 0.535. The summed E-state index contributed by atoms with van der Waals surface area (Å²) in [6, 6.07) is 8.07. The number of rotatable bonds is 2. The number of isothiocyanates is 1. The first kappa shape index (κ1) is 9.71. The van der Waals surface area contributed by atoms with Crippen molar-refractivity contribution in [3.8, 4) is 0 Å². The maximum absolute atomic E-state index is 13.2. The van der Waals surface area contributed by atoms with Gasteiger partial charge in [0.25, 0.3) is 5.91 Å². The first-order chi connectivity index (χ1) is 6.25. The number of thiocarbonyl (C=S) groups is 1. The van der Waals surface area contributed by atoms with Crippen LogP contribution in [0.1, 0.15) is 11.7 Å². The Balaban J connectivity index is 2.85. The molecule has 1 aromatic carbocycles. The van der Waals surface area contributed by atoms with Gasteiger partial charge in [-0.25, -0.2) is 4.39 Å². The Morgan fingerprint density at radius 1 is 1.46 bits per heavy atom. The van der Waals surface area contributed by atoms with E-state index in [-0.39, 0.29) is 5.56 Å². The topological polar surface area (TPSA) is 29.4 Å². The van der Waals surface area contributed by atoms with Crippen LogP contribution in [0.5, 0.6) is 0 Å². The highest BCUT2D eigenvalue weighted by Crippen LogP contribution is 2.17. The summed E-state index contributed by atoms with van der Waals surface area (Å²) in [5.74, 6) is -0.916. The fourth-order valence-corrected chi connectivity index (χ4v) is 0.956. The standard InChI is InChI=1S/C9H6FNOS/c10-8(9(12)11-6-13)7-4-2-1-3-5-7/h1-5,8H. The highest BCUT2D eigenvalue weighted by Gasteiger charge is 2.17. The number of hydrogen-bond acceptors (Lipinski definition) is 2. The molecule has 0 aliphatic heterocycles.